The number of hydrogen-bond donors (Lipinski definition) is 1. The van der Waals surface area contributed by atoms with Gasteiger partial charge in [0.05, 0.1) is 18.5 Å². The summed E-state index contributed by atoms with van der Waals surface area (Å²) in [6, 6.07) is 0. The summed E-state index contributed by atoms with van der Waals surface area (Å²) in [6.45, 7) is 1.98. The zero-order valence-electron chi connectivity index (χ0n) is 12.9. The van der Waals surface area contributed by atoms with Gasteiger partial charge in [-0.15, -0.1) is 0 Å². The van der Waals surface area contributed by atoms with Crippen LogP contribution in [0.3, 0.4) is 0 Å². The number of nitrogens with one attached hydrogen (secondary N) is 1. The molecule has 0 bridgehead atoms. The van der Waals surface area contributed by atoms with Crippen molar-refractivity contribution in [3.8, 4) is 0 Å². The fourth-order valence-electron chi connectivity index (χ4n) is 3.67. The van der Waals surface area contributed by atoms with Gasteiger partial charge in [0, 0.05) is 13.1 Å². The Labute approximate surface area is 130 Å². The third kappa shape index (κ3) is 2.79. The summed E-state index contributed by atoms with van der Waals surface area (Å²) in [5, 5.41) is 0. The Kier molecular flexibility index (Phi) is 3.93. The number of imidazole rings is 1. The molecule has 2 fully saturated rings. The van der Waals surface area contributed by atoms with Crippen molar-refractivity contribution < 1.29 is 4.74 Å². The average Bonchev–Trinajstić information content (AvgIpc) is 3.05. The quantitative estimate of drug-likeness (QED) is 0.944. The molecule has 2 aliphatic rings. The maximum Gasteiger partial charge on any atom is 0.182 e. The number of hydrogen-bond acceptors (Lipinski definition) is 5. The molecule has 3 heterocycles. The van der Waals surface area contributed by atoms with E-state index >= 15 is 0 Å². The van der Waals surface area contributed by atoms with Crippen molar-refractivity contribution in [2.75, 3.05) is 18.0 Å². The minimum atomic E-state index is 0.415. The number of aromatic nitrogens is 4. The lowest BCUT2D eigenvalue weighted by molar-refractivity contribution is -0.0395. The van der Waals surface area contributed by atoms with Gasteiger partial charge in [0.15, 0.2) is 11.5 Å². The predicted molar refractivity (Wildman–Crippen MR) is 84.9 cm³/mol. The Morgan fingerprint density at radius 2 is 1.73 bits per heavy atom. The van der Waals surface area contributed by atoms with Crippen LogP contribution in [0.25, 0.3) is 11.2 Å². The number of nitrogens with zero attached hydrogens (tertiary/aromatic N) is 4. The van der Waals surface area contributed by atoms with Gasteiger partial charge >= 0.3 is 0 Å². The molecule has 2 aromatic heterocycles. The van der Waals surface area contributed by atoms with E-state index in [1.54, 1.807) is 12.7 Å². The molecule has 2 aromatic rings. The van der Waals surface area contributed by atoms with E-state index in [1.165, 1.54) is 32.1 Å². The molecule has 6 heteroatoms. The average molecular weight is 301 g/mol. The lowest BCUT2D eigenvalue weighted by atomic mass is 9.97. The van der Waals surface area contributed by atoms with E-state index < -0.39 is 0 Å². The van der Waals surface area contributed by atoms with Crippen molar-refractivity contribution in [3.63, 3.8) is 0 Å². The zero-order valence-corrected chi connectivity index (χ0v) is 12.9. The number of H-pyrrole nitrogens is 1. The normalized spacial score (nSPS) is 21.5. The summed E-state index contributed by atoms with van der Waals surface area (Å²) in [4.78, 5) is 18.3. The Bertz CT molecular complexity index is 614. The van der Waals surface area contributed by atoms with Gasteiger partial charge in [-0.3, -0.25) is 0 Å². The van der Waals surface area contributed by atoms with Crippen LogP contribution in [0, 0.1) is 0 Å². The number of rotatable bonds is 3. The monoisotopic (exact) mass is 301 g/mol. The lowest BCUT2D eigenvalue weighted by Crippen LogP contribution is -2.39. The van der Waals surface area contributed by atoms with E-state index in [0.717, 1.165) is 42.9 Å². The Morgan fingerprint density at radius 3 is 2.55 bits per heavy atom. The molecule has 1 N–H and O–H groups in total. The standard InChI is InChI=1S/C16H23N5O/c1-2-4-12(5-3-1)22-13-6-8-21(9-7-13)16-14-15(18-10-17-14)19-11-20-16/h10-13H,1-9H2,(H,17,18,19,20). The maximum atomic E-state index is 6.31. The molecule has 22 heavy (non-hydrogen) atoms. The molecule has 0 aromatic carbocycles. The van der Waals surface area contributed by atoms with Crippen LogP contribution in [0.5, 0.6) is 0 Å². The summed E-state index contributed by atoms with van der Waals surface area (Å²) in [5.41, 5.74) is 1.68. The highest BCUT2D eigenvalue weighted by Crippen LogP contribution is 2.27. The second-order valence-electron chi connectivity index (χ2n) is 6.38. The smallest absolute Gasteiger partial charge is 0.182 e. The Hall–Kier alpha value is -1.69. The van der Waals surface area contributed by atoms with Crippen molar-refractivity contribution in [3.05, 3.63) is 12.7 Å². The van der Waals surface area contributed by atoms with Crippen molar-refractivity contribution in [1.29, 1.82) is 0 Å². The summed E-state index contributed by atoms with van der Waals surface area (Å²) in [7, 11) is 0. The number of fused-ring (bicyclic) bond motifs is 1. The van der Waals surface area contributed by atoms with E-state index in [9.17, 15) is 0 Å². The molecule has 4 rings (SSSR count). The molecule has 0 radical (unpaired) electrons. The molecule has 0 atom stereocenters. The summed E-state index contributed by atoms with van der Waals surface area (Å²) in [5.74, 6) is 0.971. The van der Waals surface area contributed by atoms with E-state index in [2.05, 4.69) is 24.8 Å². The number of ether oxygens (including phenoxy) is 1. The van der Waals surface area contributed by atoms with Crippen LogP contribution in [0.1, 0.15) is 44.9 Å². The van der Waals surface area contributed by atoms with Crippen LogP contribution in [0.15, 0.2) is 12.7 Å². The molecule has 1 saturated carbocycles. The highest BCUT2D eigenvalue weighted by Gasteiger charge is 2.25. The van der Waals surface area contributed by atoms with Gasteiger partial charge in [-0.1, -0.05) is 19.3 Å². The first-order chi connectivity index (χ1) is 10.9. The third-order valence-electron chi connectivity index (χ3n) is 4.88. The topological polar surface area (TPSA) is 66.9 Å². The van der Waals surface area contributed by atoms with Crippen LogP contribution in [-0.2, 0) is 4.74 Å². The second kappa shape index (κ2) is 6.20. The van der Waals surface area contributed by atoms with Crippen molar-refractivity contribution >= 4 is 17.0 Å². The van der Waals surface area contributed by atoms with Gasteiger partial charge in [-0.25, -0.2) is 15.0 Å². The first-order valence-electron chi connectivity index (χ1n) is 8.44. The first-order valence-corrected chi connectivity index (χ1v) is 8.44. The predicted octanol–water partition coefficient (Wildman–Crippen LogP) is 2.67. The molecule has 0 unspecified atom stereocenters. The molecule has 0 spiro atoms. The first kappa shape index (κ1) is 13.9. The summed E-state index contributed by atoms with van der Waals surface area (Å²) in [6.07, 6.45) is 12.9. The molecule has 1 saturated heterocycles. The molecular weight excluding hydrogens is 278 g/mol. The van der Waals surface area contributed by atoms with E-state index in [1.807, 2.05) is 0 Å². The largest absolute Gasteiger partial charge is 0.375 e. The van der Waals surface area contributed by atoms with Gasteiger partial charge < -0.3 is 14.6 Å². The highest BCUT2D eigenvalue weighted by atomic mass is 16.5. The van der Waals surface area contributed by atoms with E-state index in [4.69, 9.17) is 4.74 Å². The third-order valence-corrected chi connectivity index (χ3v) is 4.88. The van der Waals surface area contributed by atoms with Crippen LogP contribution in [0.4, 0.5) is 5.82 Å². The number of anilines is 1. The maximum absolute atomic E-state index is 6.31. The molecule has 0 amide bonds. The summed E-state index contributed by atoms with van der Waals surface area (Å²) >= 11 is 0. The van der Waals surface area contributed by atoms with Crippen molar-refractivity contribution in [2.45, 2.75) is 57.2 Å². The van der Waals surface area contributed by atoms with Crippen LogP contribution >= 0.6 is 0 Å². The fraction of sp³-hybridized carbons (Fsp3) is 0.688. The van der Waals surface area contributed by atoms with Crippen LogP contribution in [0.2, 0.25) is 0 Å². The van der Waals surface area contributed by atoms with Crippen molar-refractivity contribution in [2.24, 2.45) is 0 Å². The van der Waals surface area contributed by atoms with Gasteiger partial charge in [-0.05, 0) is 25.7 Å². The van der Waals surface area contributed by atoms with Gasteiger partial charge in [0.25, 0.3) is 0 Å². The fourth-order valence-corrected chi connectivity index (χ4v) is 3.67. The van der Waals surface area contributed by atoms with Gasteiger partial charge in [0.1, 0.15) is 11.8 Å². The highest BCUT2D eigenvalue weighted by molar-refractivity contribution is 5.82. The SMILES string of the molecule is c1nc(N2CCC(OC3CCCCC3)CC2)c2[nH]cnc2n1. The van der Waals surface area contributed by atoms with Crippen LogP contribution in [-0.4, -0.2) is 45.2 Å². The molecule has 118 valence electrons. The van der Waals surface area contributed by atoms with Gasteiger partial charge in [0.2, 0.25) is 0 Å². The van der Waals surface area contributed by atoms with Crippen LogP contribution < -0.4 is 4.90 Å². The molecule has 1 aliphatic carbocycles. The van der Waals surface area contributed by atoms with Crippen molar-refractivity contribution in [1.82, 2.24) is 19.9 Å². The Balaban J connectivity index is 1.38. The molecule has 1 aliphatic heterocycles. The zero-order chi connectivity index (χ0) is 14.8. The second-order valence-corrected chi connectivity index (χ2v) is 6.38. The molecular formula is C16H23N5O. The van der Waals surface area contributed by atoms with E-state index in [0.29, 0.717) is 12.2 Å². The summed E-state index contributed by atoms with van der Waals surface area (Å²) < 4.78 is 6.31. The van der Waals surface area contributed by atoms with Gasteiger partial charge in [-0.2, -0.15) is 0 Å². The Morgan fingerprint density at radius 1 is 0.955 bits per heavy atom. The van der Waals surface area contributed by atoms with E-state index in [-0.39, 0.29) is 0 Å². The number of aromatic amines is 1. The number of piperidine rings is 1. The lowest BCUT2D eigenvalue weighted by Gasteiger charge is -2.35. The minimum absolute atomic E-state index is 0.415. The molecule has 6 nitrogen and oxygen atoms in total. The minimum Gasteiger partial charge on any atom is -0.375 e.